The summed E-state index contributed by atoms with van der Waals surface area (Å²) in [5.74, 6) is -3.03. The Morgan fingerprint density at radius 2 is 1.67 bits per heavy atom. The van der Waals surface area contributed by atoms with E-state index in [0.29, 0.717) is 5.56 Å². The summed E-state index contributed by atoms with van der Waals surface area (Å²) in [4.78, 5) is 37.4. The average Bonchev–Trinajstić information content (AvgIpc) is 2.80. The molecule has 1 amide bonds. The Bertz CT molecular complexity index is 675. The van der Waals surface area contributed by atoms with Crippen molar-refractivity contribution in [3.63, 3.8) is 0 Å². The molecule has 7 heteroatoms. The quantitative estimate of drug-likeness (QED) is 0.725. The lowest BCUT2D eigenvalue weighted by molar-refractivity contribution is -0.149. The van der Waals surface area contributed by atoms with Crippen molar-refractivity contribution in [2.75, 3.05) is 13.1 Å². The van der Waals surface area contributed by atoms with Crippen molar-refractivity contribution in [1.29, 1.82) is 0 Å². The molecule has 21 heavy (non-hydrogen) atoms. The molecule has 0 aliphatic carbocycles. The van der Waals surface area contributed by atoms with Crippen molar-refractivity contribution < 1.29 is 24.6 Å². The molecule has 2 rings (SSSR count). The zero-order valence-corrected chi connectivity index (χ0v) is 11.1. The normalized spacial score (nSPS) is 10.5. The van der Waals surface area contributed by atoms with Crippen LogP contribution >= 0.6 is 0 Å². The van der Waals surface area contributed by atoms with E-state index in [-0.39, 0.29) is 6.42 Å². The molecule has 0 saturated carbocycles. The number of carbonyl (C=O) groups is 3. The molecular formula is C14H14N2O5. The fourth-order valence-corrected chi connectivity index (χ4v) is 2.11. The summed E-state index contributed by atoms with van der Waals surface area (Å²) in [5.41, 5.74) is 1.57. The standard InChI is InChI=1S/C14H14N2O5/c17-12(16(7-13(18)19)8-14(20)21)5-9-6-15-11-4-2-1-3-10(9)11/h1-4,6,15H,5,7-8H2,(H,18,19)(H,20,21). The van der Waals surface area contributed by atoms with Gasteiger partial charge in [0.1, 0.15) is 13.1 Å². The van der Waals surface area contributed by atoms with E-state index < -0.39 is 30.9 Å². The van der Waals surface area contributed by atoms with Gasteiger partial charge in [-0.1, -0.05) is 18.2 Å². The molecule has 7 nitrogen and oxygen atoms in total. The minimum absolute atomic E-state index is 0.0510. The minimum atomic E-state index is -1.25. The predicted octanol–water partition coefficient (Wildman–Crippen LogP) is 0.708. The summed E-state index contributed by atoms with van der Waals surface area (Å²) in [7, 11) is 0. The Morgan fingerprint density at radius 1 is 1.05 bits per heavy atom. The Morgan fingerprint density at radius 3 is 2.29 bits per heavy atom. The first-order valence-corrected chi connectivity index (χ1v) is 6.23. The Balaban J connectivity index is 2.17. The molecule has 1 aromatic carbocycles. The number of nitrogens with one attached hydrogen (secondary N) is 1. The van der Waals surface area contributed by atoms with Crippen molar-refractivity contribution in [3.05, 3.63) is 36.0 Å². The number of fused-ring (bicyclic) bond motifs is 1. The number of hydrogen-bond donors (Lipinski definition) is 3. The van der Waals surface area contributed by atoms with E-state index in [1.807, 2.05) is 24.3 Å². The van der Waals surface area contributed by atoms with E-state index in [2.05, 4.69) is 4.98 Å². The van der Waals surface area contributed by atoms with Crippen LogP contribution in [0.15, 0.2) is 30.5 Å². The first-order chi connectivity index (χ1) is 9.97. The van der Waals surface area contributed by atoms with Gasteiger partial charge in [-0.3, -0.25) is 14.4 Å². The number of carboxylic acid groups (broad SMARTS) is 2. The molecule has 1 aromatic heterocycles. The van der Waals surface area contributed by atoms with Gasteiger partial charge in [0.05, 0.1) is 6.42 Å². The fraction of sp³-hybridized carbons (Fsp3) is 0.214. The van der Waals surface area contributed by atoms with Crippen molar-refractivity contribution in [2.24, 2.45) is 0 Å². The van der Waals surface area contributed by atoms with E-state index in [0.717, 1.165) is 15.8 Å². The van der Waals surface area contributed by atoms with Crippen LogP contribution in [-0.2, 0) is 20.8 Å². The number of H-pyrrole nitrogens is 1. The summed E-state index contributed by atoms with van der Waals surface area (Å²) >= 11 is 0. The minimum Gasteiger partial charge on any atom is -0.480 e. The third-order valence-corrected chi connectivity index (χ3v) is 3.02. The number of aromatic amines is 1. The second-order valence-electron chi connectivity index (χ2n) is 4.57. The Kier molecular flexibility index (Phi) is 4.22. The highest BCUT2D eigenvalue weighted by Gasteiger charge is 2.20. The van der Waals surface area contributed by atoms with Gasteiger partial charge in [-0.2, -0.15) is 0 Å². The molecule has 0 spiro atoms. The van der Waals surface area contributed by atoms with Crippen LogP contribution in [0.5, 0.6) is 0 Å². The molecule has 0 atom stereocenters. The van der Waals surface area contributed by atoms with Crippen LogP contribution in [0.4, 0.5) is 0 Å². The largest absolute Gasteiger partial charge is 0.480 e. The molecule has 0 bridgehead atoms. The SMILES string of the molecule is O=C(O)CN(CC(=O)O)C(=O)Cc1c[nH]c2ccccc12. The number of carboxylic acids is 2. The van der Waals surface area contributed by atoms with E-state index >= 15 is 0 Å². The lowest BCUT2D eigenvalue weighted by Gasteiger charge is -2.18. The number of rotatable bonds is 6. The van der Waals surface area contributed by atoms with Gasteiger partial charge in [0.15, 0.2) is 0 Å². The Hall–Kier alpha value is -2.83. The topological polar surface area (TPSA) is 111 Å². The highest BCUT2D eigenvalue weighted by atomic mass is 16.4. The molecule has 0 aliphatic heterocycles. The number of benzene rings is 1. The van der Waals surface area contributed by atoms with E-state index in [1.54, 1.807) is 6.20 Å². The monoisotopic (exact) mass is 290 g/mol. The van der Waals surface area contributed by atoms with Gasteiger partial charge in [-0.25, -0.2) is 0 Å². The second kappa shape index (κ2) is 6.08. The van der Waals surface area contributed by atoms with Crippen LogP contribution < -0.4 is 0 Å². The first kappa shape index (κ1) is 14.6. The first-order valence-electron chi connectivity index (χ1n) is 6.23. The molecule has 3 N–H and O–H groups in total. The van der Waals surface area contributed by atoms with Crippen LogP contribution in [0, 0.1) is 0 Å². The van der Waals surface area contributed by atoms with Gasteiger partial charge in [-0.05, 0) is 11.6 Å². The zero-order valence-electron chi connectivity index (χ0n) is 11.1. The number of amides is 1. The summed E-state index contributed by atoms with van der Waals surface area (Å²) < 4.78 is 0. The second-order valence-corrected chi connectivity index (χ2v) is 4.57. The van der Waals surface area contributed by atoms with Crippen molar-refractivity contribution >= 4 is 28.7 Å². The van der Waals surface area contributed by atoms with Crippen LogP contribution in [0.1, 0.15) is 5.56 Å². The summed E-state index contributed by atoms with van der Waals surface area (Å²) in [6.45, 7) is -1.26. The van der Waals surface area contributed by atoms with Gasteiger partial charge < -0.3 is 20.1 Å². The third-order valence-electron chi connectivity index (χ3n) is 3.02. The van der Waals surface area contributed by atoms with Crippen molar-refractivity contribution in [3.8, 4) is 0 Å². The molecule has 0 aliphatic rings. The lowest BCUT2D eigenvalue weighted by Crippen LogP contribution is -2.40. The van der Waals surface area contributed by atoms with Gasteiger partial charge >= 0.3 is 11.9 Å². The molecule has 110 valence electrons. The van der Waals surface area contributed by atoms with Crippen LogP contribution in [-0.4, -0.2) is 51.0 Å². The van der Waals surface area contributed by atoms with Crippen molar-refractivity contribution in [1.82, 2.24) is 9.88 Å². The summed E-state index contributed by atoms with van der Waals surface area (Å²) in [6, 6.07) is 7.38. The fourth-order valence-electron chi connectivity index (χ4n) is 2.11. The molecule has 0 radical (unpaired) electrons. The number of para-hydroxylation sites is 1. The van der Waals surface area contributed by atoms with Crippen molar-refractivity contribution in [2.45, 2.75) is 6.42 Å². The average molecular weight is 290 g/mol. The highest BCUT2D eigenvalue weighted by Crippen LogP contribution is 2.18. The zero-order chi connectivity index (χ0) is 15.4. The highest BCUT2D eigenvalue weighted by molar-refractivity contribution is 5.91. The number of nitrogens with zero attached hydrogens (tertiary/aromatic N) is 1. The van der Waals surface area contributed by atoms with E-state index in [4.69, 9.17) is 10.2 Å². The van der Waals surface area contributed by atoms with Crippen LogP contribution in [0.3, 0.4) is 0 Å². The van der Waals surface area contributed by atoms with E-state index in [1.165, 1.54) is 0 Å². The molecule has 0 fully saturated rings. The smallest absolute Gasteiger partial charge is 0.323 e. The van der Waals surface area contributed by atoms with Gasteiger partial charge in [0.25, 0.3) is 0 Å². The lowest BCUT2D eigenvalue weighted by atomic mass is 10.1. The van der Waals surface area contributed by atoms with Gasteiger partial charge in [0.2, 0.25) is 5.91 Å². The third kappa shape index (κ3) is 3.59. The number of carbonyl (C=O) groups excluding carboxylic acids is 1. The number of aromatic nitrogens is 1. The maximum atomic E-state index is 12.1. The van der Waals surface area contributed by atoms with E-state index in [9.17, 15) is 14.4 Å². The molecule has 1 heterocycles. The summed E-state index contributed by atoms with van der Waals surface area (Å²) in [5, 5.41) is 18.4. The predicted molar refractivity (Wildman–Crippen MR) is 73.9 cm³/mol. The summed E-state index contributed by atoms with van der Waals surface area (Å²) in [6.07, 6.45) is 1.62. The van der Waals surface area contributed by atoms with Gasteiger partial charge in [0, 0.05) is 17.1 Å². The van der Waals surface area contributed by atoms with Crippen LogP contribution in [0.25, 0.3) is 10.9 Å². The Labute approximate surface area is 119 Å². The number of aliphatic carboxylic acids is 2. The molecule has 2 aromatic rings. The molecular weight excluding hydrogens is 276 g/mol. The maximum Gasteiger partial charge on any atom is 0.323 e. The van der Waals surface area contributed by atoms with Crippen LogP contribution in [0.2, 0.25) is 0 Å². The number of hydrogen-bond acceptors (Lipinski definition) is 3. The van der Waals surface area contributed by atoms with Gasteiger partial charge in [-0.15, -0.1) is 0 Å². The molecule has 0 saturated heterocycles. The molecule has 0 unspecified atom stereocenters. The maximum absolute atomic E-state index is 12.1.